The van der Waals surface area contributed by atoms with E-state index in [0.717, 1.165) is 56.4 Å². The predicted octanol–water partition coefficient (Wildman–Crippen LogP) is 3.34. The van der Waals surface area contributed by atoms with Gasteiger partial charge in [-0.3, -0.25) is 4.99 Å². The van der Waals surface area contributed by atoms with Crippen molar-refractivity contribution in [2.24, 2.45) is 22.7 Å². The third-order valence-corrected chi connectivity index (χ3v) is 5.17. The van der Waals surface area contributed by atoms with Crippen molar-refractivity contribution in [1.82, 2.24) is 15.5 Å². The number of hydrogen-bond acceptors (Lipinski definition) is 3. The number of piperidine rings is 1. The molecule has 0 aromatic carbocycles. The van der Waals surface area contributed by atoms with E-state index >= 15 is 0 Å². The molecule has 0 aromatic heterocycles. The van der Waals surface area contributed by atoms with Gasteiger partial charge in [0.25, 0.3) is 0 Å². The number of nitrogens with zero attached hydrogens (tertiary/aromatic N) is 2. The van der Waals surface area contributed by atoms with E-state index < -0.39 is 0 Å². The summed E-state index contributed by atoms with van der Waals surface area (Å²) in [7, 11) is 1.84. The molecule has 1 aliphatic heterocycles. The zero-order valence-corrected chi connectivity index (χ0v) is 19.5. The van der Waals surface area contributed by atoms with Crippen LogP contribution in [0, 0.1) is 17.8 Å². The first-order valence-electron chi connectivity index (χ1n) is 10.4. The Kier molecular flexibility index (Phi) is 12.9. The van der Waals surface area contributed by atoms with Crippen molar-refractivity contribution >= 4 is 29.9 Å². The second kappa shape index (κ2) is 14.0. The van der Waals surface area contributed by atoms with Crippen LogP contribution in [-0.2, 0) is 4.74 Å². The number of unbranched alkanes of at least 4 members (excludes halogenated alkanes) is 1. The molecule has 0 spiro atoms. The summed E-state index contributed by atoms with van der Waals surface area (Å²) < 4.78 is 5.65. The van der Waals surface area contributed by atoms with E-state index in [-0.39, 0.29) is 24.0 Å². The van der Waals surface area contributed by atoms with Crippen LogP contribution in [0.5, 0.6) is 0 Å². The second-order valence-electron chi connectivity index (χ2n) is 8.21. The SMILES string of the molecule is CN=C(NCCCCN1CC(C)CC(C)C1)NCCCOCC1CC1.I. The van der Waals surface area contributed by atoms with Crippen LogP contribution in [0.1, 0.15) is 52.4 Å². The van der Waals surface area contributed by atoms with E-state index in [1.807, 2.05) is 7.05 Å². The minimum atomic E-state index is 0. The van der Waals surface area contributed by atoms with Crippen LogP contribution in [0.25, 0.3) is 0 Å². The van der Waals surface area contributed by atoms with Gasteiger partial charge in [-0.25, -0.2) is 0 Å². The maximum Gasteiger partial charge on any atom is 0.190 e. The second-order valence-corrected chi connectivity index (χ2v) is 8.21. The highest BCUT2D eigenvalue weighted by Gasteiger charge is 2.21. The van der Waals surface area contributed by atoms with Crippen molar-refractivity contribution in [2.75, 3.05) is 53.0 Å². The maximum absolute atomic E-state index is 5.65. The van der Waals surface area contributed by atoms with Gasteiger partial charge in [0, 0.05) is 46.4 Å². The van der Waals surface area contributed by atoms with Gasteiger partial charge >= 0.3 is 0 Å². The number of nitrogens with one attached hydrogen (secondary N) is 2. The van der Waals surface area contributed by atoms with Crippen molar-refractivity contribution in [3.63, 3.8) is 0 Å². The number of rotatable bonds is 11. The maximum atomic E-state index is 5.65. The molecule has 0 amide bonds. The summed E-state index contributed by atoms with van der Waals surface area (Å²) in [6, 6.07) is 0. The predicted molar refractivity (Wildman–Crippen MR) is 122 cm³/mol. The Labute approximate surface area is 178 Å². The molecule has 2 rings (SSSR count). The Morgan fingerprint density at radius 2 is 1.69 bits per heavy atom. The average Bonchev–Trinajstić information content (AvgIpc) is 3.39. The smallest absolute Gasteiger partial charge is 0.190 e. The molecule has 2 aliphatic rings. The normalized spacial score (nSPS) is 24.2. The van der Waals surface area contributed by atoms with Crippen LogP contribution < -0.4 is 10.6 Å². The zero-order valence-electron chi connectivity index (χ0n) is 17.1. The van der Waals surface area contributed by atoms with Crippen LogP contribution in [0.15, 0.2) is 4.99 Å². The molecule has 2 fully saturated rings. The first kappa shape index (κ1) is 24.0. The number of aliphatic imine (C=N–C) groups is 1. The lowest BCUT2D eigenvalue weighted by molar-refractivity contribution is 0.123. The van der Waals surface area contributed by atoms with Gasteiger partial charge in [-0.2, -0.15) is 0 Å². The first-order valence-corrected chi connectivity index (χ1v) is 10.4. The summed E-state index contributed by atoms with van der Waals surface area (Å²) in [5.74, 6) is 3.50. The fourth-order valence-corrected chi connectivity index (χ4v) is 3.78. The van der Waals surface area contributed by atoms with Crippen LogP contribution in [0.2, 0.25) is 0 Å². The molecule has 1 saturated heterocycles. The highest BCUT2D eigenvalue weighted by Crippen LogP contribution is 2.28. The van der Waals surface area contributed by atoms with Crippen molar-refractivity contribution in [3.8, 4) is 0 Å². The molecule has 0 bridgehead atoms. The molecule has 1 aliphatic carbocycles. The first-order chi connectivity index (χ1) is 12.2. The van der Waals surface area contributed by atoms with Crippen LogP contribution in [-0.4, -0.2) is 63.8 Å². The Hall–Kier alpha value is -0.0800. The largest absolute Gasteiger partial charge is 0.381 e. The summed E-state index contributed by atoms with van der Waals surface area (Å²) >= 11 is 0. The number of halogens is 1. The summed E-state index contributed by atoms with van der Waals surface area (Å²) in [5.41, 5.74) is 0. The molecule has 1 heterocycles. The van der Waals surface area contributed by atoms with E-state index in [4.69, 9.17) is 4.74 Å². The lowest BCUT2D eigenvalue weighted by Gasteiger charge is -2.34. The Morgan fingerprint density at radius 3 is 2.31 bits per heavy atom. The molecule has 0 radical (unpaired) electrons. The standard InChI is InChI=1S/C20H40N4O.HI/c1-17-13-18(2)15-24(14-17)11-5-4-9-22-20(21-3)23-10-6-12-25-16-19-7-8-19;/h17-19H,4-16H2,1-3H3,(H2,21,22,23);1H. The molecule has 26 heavy (non-hydrogen) atoms. The molecular formula is C20H41IN4O. The van der Waals surface area contributed by atoms with Gasteiger partial charge in [0.05, 0.1) is 0 Å². The molecule has 6 heteroatoms. The van der Waals surface area contributed by atoms with Crippen LogP contribution in [0.4, 0.5) is 0 Å². The summed E-state index contributed by atoms with van der Waals surface area (Å²) in [5, 5.41) is 6.80. The Morgan fingerprint density at radius 1 is 1.04 bits per heavy atom. The third-order valence-electron chi connectivity index (χ3n) is 5.17. The molecule has 2 unspecified atom stereocenters. The van der Waals surface area contributed by atoms with Gasteiger partial charge < -0.3 is 20.3 Å². The topological polar surface area (TPSA) is 48.9 Å². The molecule has 154 valence electrons. The van der Waals surface area contributed by atoms with Crippen molar-refractivity contribution in [2.45, 2.75) is 52.4 Å². The lowest BCUT2D eigenvalue weighted by Crippen LogP contribution is -2.40. The number of guanidine groups is 1. The Balaban J connectivity index is 0.00000338. The van der Waals surface area contributed by atoms with E-state index in [0.29, 0.717) is 0 Å². The fourth-order valence-electron chi connectivity index (χ4n) is 3.78. The van der Waals surface area contributed by atoms with Crippen molar-refractivity contribution < 1.29 is 4.74 Å². The molecule has 2 atom stereocenters. The molecular weight excluding hydrogens is 439 g/mol. The number of ether oxygens (including phenoxy) is 1. The minimum absolute atomic E-state index is 0. The fraction of sp³-hybridized carbons (Fsp3) is 0.950. The van der Waals surface area contributed by atoms with Gasteiger partial charge in [-0.1, -0.05) is 13.8 Å². The van der Waals surface area contributed by atoms with Crippen LogP contribution >= 0.6 is 24.0 Å². The van der Waals surface area contributed by atoms with Gasteiger partial charge in [0.1, 0.15) is 0 Å². The number of likely N-dealkylation sites (tertiary alicyclic amines) is 1. The van der Waals surface area contributed by atoms with Gasteiger partial charge in [0.15, 0.2) is 5.96 Å². The monoisotopic (exact) mass is 480 g/mol. The van der Waals surface area contributed by atoms with Crippen LogP contribution in [0.3, 0.4) is 0 Å². The van der Waals surface area contributed by atoms with Gasteiger partial charge in [-0.05, 0) is 62.8 Å². The third kappa shape index (κ3) is 10.9. The van der Waals surface area contributed by atoms with Crippen molar-refractivity contribution in [1.29, 1.82) is 0 Å². The van der Waals surface area contributed by atoms with E-state index in [9.17, 15) is 0 Å². The highest BCUT2D eigenvalue weighted by molar-refractivity contribution is 14.0. The Bertz CT molecular complexity index is 380. The summed E-state index contributed by atoms with van der Waals surface area (Å²) in [6.07, 6.45) is 7.63. The van der Waals surface area contributed by atoms with E-state index in [1.54, 1.807) is 0 Å². The minimum Gasteiger partial charge on any atom is -0.381 e. The molecule has 1 saturated carbocycles. The van der Waals surface area contributed by atoms with Gasteiger partial charge in [-0.15, -0.1) is 24.0 Å². The lowest BCUT2D eigenvalue weighted by atomic mass is 9.92. The van der Waals surface area contributed by atoms with E-state index in [1.165, 1.54) is 51.7 Å². The number of hydrogen-bond donors (Lipinski definition) is 2. The molecule has 5 nitrogen and oxygen atoms in total. The molecule has 0 aromatic rings. The van der Waals surface area contributed by atoms with E-state index in [2.05, 4.69) is 34.4 Å². The summed E-state index contributed by atoms with van der Waals surface area (Å²) in [6.45, 7) is 12.3. The zero-order chi connectivity index (χ0) is 17.9. The van der Waals surface area contributed by atoms with Gasteiger partial charge in [0.2, 0.25) is 0 Å². The highest BCUT2D eigenvalue weighted by atomic mass is 127. The van der Waals surface area contributed by atoms with Crippen molar-refractivity contribution in [3.05, 3.63) is 0 Å². The summed E-state index contributed by atoms with van der Waals surface area (Å²) in [4.78, 5) is 6.94. The average molecular weight is 480 g/mol. The molecule has 2 N–H and O–H groups in total. The quantitative estimate of drug-likeness (QED) is 0.206.